The van der Waals surface area contributed by atoms with Gasteiger partial charge in [-0.1, -0.05) is 6.92 Å². The molecule has 144 valence electrons. The molecule has 0 saturated carbocycles. The van der Waals surface area contributed by atoms with E-state index in [1.54, 1.807) is 11.5 Å². The molecular weight excluding hydrogens is 355 g/mol. The van der Waals surface area contributed by atoms with E-state index < -0.39 is 5.60 Å². The Morgan fingerprint density at radius 2 is 1.96 bits per heavy atom. The summed E-state index contributed by atoms with van der Waals surface area (Å²) in [7, 11) is 0. The maximum atomic E-state index is 14.5. The zero-order valence-electron chi connectivity index (χ0n) is 16.4. The lowest BCUT2D eigenvalue weighted by molar-refractivity contribution is 0.0529. The molecule has 28 heavy (non-hydrogen) atoms. The molecule has 1 N–H and O–H groups in total. The number of aryl methyl sites for hydroxylation is 2. The van der Waals surface area contributed by atoms with E-state index >= 15 is 0 Å². The molecule has 0 fully saturated rings. The van der Waals surface area contributed by atoms with Gasteiger partial charge in [0.2, 0.25) is 0 Å². The van der Waals surface area contributed by atoms with Crippen LogP contribution in [0.4, 0.5) is 4.39 Å². The van der Waals surface area contributed by atoms with Crippen LogP contribution in [-0.2, 0) is 25.0 Å². The zero-order valence-corrected chi connectivity index (χ0v) is 16.4. The van der Waals surface area contributed by atoms with Gasteiger partial charge < -0.3 is 9.67 Å². The Morgan fingerprint density at radius 1 is 1.21 bits per heavy atom. The third-order valence-electron chi connectivity index (χ3n) is 6.67. The van der Waals surface area contributed by atoms with Gasteiger partial charge in [-0.15, -0.1) is 0 Å². The van der Waals surface area contributed by atoms with Crippen molar-refractivity contribution in [1.29, 1.82) is 0 Å². The molecule has 2 aliphatic rings. The summed E-state index contributed by atoms with van der Waals surface area (Å²) in [5, 5.41) is 11.7. The SMILES string of the molecule is CCC(C)(O)c1cc2n(c(=O)c1)Cc1c-2nc2cc(F)c(C)c3c2c1CCC3. The van der Waals surface area contributed by atoms with Gasteiger partial charge in [-0.2, -0.15) is 0 Å². The Kier molecular flexibility index (Phi) is 3.60. The van der Waals surface area contributed by atoms with Crippen molar-refractivity contribution in [3.8, 4) is 11.4 Å². The Hall–Kier alpha value is -2.53. The first-order chi connectivity index (χ1) is 13.3. The van der Waals surface area contributed by atoms with Crippen LogP contribution in [0.5, 0.6) is 0 Å². The van der Waals surface area contributed by atoms with Crippen LogP contribution in [0.25, 0.3) is 22.3 Å². The van der Waals surface area contributed by atoms with E-state index in [0.717, 1.165) is 47.2 Å². The van der Waals surface area contributed by atoms with Crippen molar-refractivity contribution in [3.05, 3.63) is 62.2 Å². The van der Waals surface area contributed by atoms with Crippen molar-refractivity contribution in [2.24, 2.45) is 0 Å². The van der Waals surface area contributed by atoms with Crippen molar-refractivity contribution in [2.75, 3.05) is 0 Å². The van der Waals surface area contributed by atoms with E-state index in [4.69, 9.17) is 4.98 Å². The quantitative estimate of drug-likeness (QED) is 0.574. The van der Waals surface area contributed by atoms with Crippen LogP contribution >= 0.6 is 0 Å². The molecule has 1 unspecified atom stereocenters. The van der Waals surface area contributed by atoms with Crippen LogP contribution in [-0.4, -0.2) is 14.7 Å². The first-order valence-electron chi connectivity index (χ1n) is 9.93. The number of aromatic nitrogens is 2. The van der Waals surface area contributed by atoms with Crippen molar-refractivity contribution in [3.63, 3.8) is 0 Å². The average molecular weight is 378 g/mol. The van der Waals surface area contributed by atoms with Crippen LogP contribution in [0.15, 0.2) is 23.0 Å². The highest BCUT2D eigenvalue weighted by molar-refractivity contribution is 5.92. The van der Waals surface area contributed by atoms with E-state index in [0.29, 0.717) is 29.6 Å². The molecule has 1 atom stereocenters. The minimum atomic E-state index is -1.07. The number of nitrogens with zero attached hydrogens (tertiary/aromatic N) is 2. The molecule has 2 aromatic heterocycles. The lowest BCUT2D eigenvalue weighted by atomic mass is 9.84. The Labute approximate surface area is 162 Å². The highest BCUT2D eigenvalue weighted by Crippen LogP contribution is 2.41. The van der Waals surface area contributed by atoms with Gasteiger partial charge in [0.1, 0.15) is 5.82 Å². The number of pyridine rings is 2. The summed E-state index contributed by atoms with van der Waals surface area (Å²) in [6, 6.07) is 4.92. The second-order valence-corrected chi connectivity index (χ2v) is 8.31. The van der Waals surface area contributed by atoms with Crippen molar-refractivity contribution in [2.45, 2.75) is 58.6 Å². The van der Waals surface area contributed by atoms with Gasteiger partial charge >= 0.3 is 0 Å². The lowest BCUT2D eigenvalue weighted by Gasteiger charge is -2.22. The van der Waals surface area contributed by atoms with Gasteiger partial charge in [-0.05, 0) is 67.9 Å². The number of rotatable bonds is 2. The summed E-state index contributed by atoms with van der Waals surface area (Å²) in [6.45, 7) is 5.94. The monoisotopic (exact) mass is 378 g/mol. The number of hydrogen-bond donors (Lipinski definition) is 1. The van der Waals surface area contributed by atoms with Crippen LogP contribution in [0, 0.1) is 12.7 Å². The normalized spacial score (nSPS) is 16.8. The lowest BCUT2D eigenvalue weighted by Crippen LogP contribution is -2.26. The van der Waals surface area contributed by atoms with E-state index in [1.807, 2.05) is 19.9 Å². The van der Waals surface area contributed by atoms with Crippen LogP contribution in [0.3, 0.4) is 0 Å². The molecule has 5 rings (SSSR count). The van der Waals surface area contributed by atoms with Crippen LogP contribution in [0.1, 0.15) is 54.5 Å². The molecular formula is C23H23FN2O2. The van der Waals surface area contributed by atoms with E-state index in [9.17, 15) is 14.3 Å². The molecule has 0 saturated heterocycles. The molecule has 0 radical (unpaired) electrons. The summed E-state index contributed by atoms with van der Waals surface area (Å²) >= 11 is 0. The first kappa shape index (κ1) is 17.6. The van der Waals surface area contributed by atoms with Gasteiger partial charge in [0.15, 0.2) is 0 Å². The standard InChI is InChI=1S/C23H23FN2O2/c1-4-23(3,28)13-8-19-22-16(11-26(19)20(27)9-13)15-7-5-6-14-12(2)17(24)10-18(25-22)21(14)15/h8-10,28H,4-7,11H2,1-3H3. The third kappa shape index (κ3) is 2.26. The third-order valence-corrected chi connectivity index (χ3v) is 6.67. The molecule has 5 heteroatoms. The summed E-state index contributed by atoms with van der Waals surface area (Å²) in [5.41, 5.74) is 5.59. The fourth-order valence-electron chi connectivity index (χ4n) is 4.73. The summed E-state index contributed by atoms with van der Waals surface area (Å²) in [6.07, 6.45) is 3.27. The maximum absolute atomic E-state index is 14.5. The second-order valence-electron chi connectivity index (χ2n) is 8.31. The summed E-state index contributed by atoms with van der Waals surface area (Å²) < 4.78 is 16.2. The van der Waals surface area contributed by atoms with Crippen molar-refractivity contribution >= 4 is 10.9 Å². The number of aliphatic hydroxyl groups is 1. The molecule has 1 aromatic carbocycles. The van der Waals surface area contributed by atoms with Crippen LogP contribution < -0.4 is 5.56 Å². The van der Waals surface area contributed by atoms with Gasteiger partial charge in [0.25, 0.3) is 5.56 Å². The van der Waals surface area contributed by atoms with Gasteiger partial charge in [-0.3, -0.25) is 4.79 Å². The highest BCUT2D eigenvalue weighted by Gasteiger charge is 2.31. The molecule has 0 bridgehead atoms. The predicted molar refractivity (Wildman–Crippen MR) is 107 cm³/mol. The molecule has 3 heterocycles. The molecule has 0 spiro atoms. The van der Waals surface area contributed by atoms with Crippen molar-refractivity contribution in [1.82, 2.24) is 9.55 Å². The zero-order chi connectivity index (χ0) is 19.8. The largest absolute Gasteiger partial charge is 0.385 e. The number of fused-ring (bicyclic) bond motifs is 4. The minimum absolute atomic E-state index is 0.131. The van der Waals surface area contributed by atoms with E-state index in [1.165, 1.54) is 17.7 Å². The van der Waals surface area contributed by atoms with Crippen molar-refractivity contribution < 1.29 is 9.50 Å². The van der Waals surface area contributed by atoms with E-state index in [2.05, 4.69) is 0 Å². The first-order valence-corrected chi connectivity index (χ1v) is 9.93. The van der Waals surface area contributed by atoms with E-state index in [-0.39, 0.29) is 11.4 Å². The fourth-order valence-corrected chi connectivity index (χ4v) is 4.73. The number of halogens is 1. The molecule has 1 aliphatic carbocycles. The fraction of sp³-hybridized carbons (Fsp3) is 0.391. The smallest absolute Gasteiger partial charge is 0.251 e. The number of hydrogen-bond acceptors (Lipinski definition) is 3. The Balaban J connectivity index is 1.84. The summed E-state index contributed by atoms with van der Waals surface area (Å²) in [4.78, 5) is 17.6. The average Bonchev–Trinajstić information content (AvgIpc) is 3.05. The van der Waals surface area contributed by atoms with Crippen LogP contribution in [0.2, 0.25) is 0 Å². The minimum Gasteiger partial charge on any atom is -0.385 e. The second kappa shape index (κ2) is 5.74. The van der Waals surface area contributed by atoms with Gasteiger partial charge in [0.05, 0.1) is 29.1 Å². The number of benzene rings is 1. The molecule has 3 aromatic rings. The highest BCUT2D eigenvalue weighted by atomic mass is 19.1. The van der Waals surface area contributed by atoms with Gasteiger partial charge in [0, 0.05) is 23.1 Å². The molecule has 1 aliphatic heterocycles. The van der Waals surface area contributed by atoms with Gasteiger partial charge in [-0.25, -0.2) is 9.37 Å². The molecule has 4 nitrogen and oxygen atoms in total. The maximum Gasteiger partial charge on any atom is 0.251 e. The topological polar surface area (TPSA) is 55.1 Å². The molecule has 0 amide bonds. The Morgan fingerprint density at radius 3 is 2.71 bits per heavy atom. The predicted octanol–water partition coefficient (Wildman–Crippen LogP) is 3.98. The summed E-state index contributed by atoms with van der Waals surface area (Å²) in [5.74, 6) is -0.221. The Bertz CT molecular complexity index is 1220.